The predicted molar refractivity (Wildman–Crippen MR) is 67.8 cm³/mol. The van der Waals surface area contributed by atoms with Crippen molar-refractivity contribution >= 4 is 11.8 Å². The van der Waals surface area contributed by atoms with Gasteiger partial charge in [0.15, 0.2) is 0 Å². The van der Waals surface area contributed by atoms with Gasteiger partial charge in [-0.2, -0.15) is 11.8 Å². The van der Waals surface area contributed by atoms with E-state index in [0.29, 0.717) is 0 Å². The largest absolute Gasteiger partial charge is 0.374 e. The topological polar surface area (TPSA) is 38.5 Å². The number of nitrogens with two attached hydrogens (primary N) is 1. The molecule has 0 aromatic carbocycles. The minimum atomic E-state index is 0.237. The number of ether oxygens (including phenoxy) is 1. The highest BCUT2D eigenvalue weighted by molar-refractivity contribution is 7.99. The first-order chi connectivity index (χ1) is 7.81. The minimum absolute atomic E-state index is 0.237. The van der Waals surface area contributed by atoms with Crippen molar-refractivity contribution in [2.45, 2.75) is 30.9 Å². The third-order valence-electron chi connectivity index (χ3n) is 4.37. The van der Waals surface area contributed by atoms with E-state index in [9.17, 15) is 0 Å². The van der Waals surface area contributed by atoms with Gasteiger partial charge in [-0.15, -0.1) is 0 Å². The fourth-order valence-corrected chi connectivity index (χ4v) is 4.61. The zero-order chi connectivity index (χ0) is 11.0. The highest BCUT2D eigenvalue weighted by Crippen LogP contribution is 2.40. The van der Waals surface area contributed by atoms with Crippen LogP contribution in [0, 0.1) is 5.92 Å². The van der Waals surface area contributed by atoms with E-state index < -0.39 is 0 Å². The maximum Gasteiger partial charge on any atom is 0.0795 e. The average molecular weight is 242 g/mol. The second kappa shape index (κ2) is 4.48. The van der Waals surface area contributed by atoms with Gasteiger partial charge < -0.3 is 10.5 Å². The number of hydrogen-bond donors (Lipinski definition) is 1. The molecule has 0 aromatic rings. The molecule has 3 saturated heterocycles. The molecule has 0 aliphatic carbocycles. The quantitative estimate of drug-likeness (QED) is 0.782. The van der Waals surface area contributed by atoms with Gasteiger partial charge in [0, 0.05) is 31.5 Å². The van der Waals surface area contributed by atoms with Gasteiger partial charge in [0.05, 0.1) is 5.60 Å². The summed E-state index contributed by atoms with van der Waals surface area (Å²) in [6.45, 7) is 4.28. The fraction of sp³-hybridized carbons (Fsp3) is 1.00. The Morgan fingerprint density at radius 2 is 2.31 bits per heavy atom. The second-order valence-electron chi connectivity index (χ2n) is 5.54. The van der Waals surface area contributed by atoms with Crippen molar-refractivity contribution < 1.29 is 4.74 Å². The van der Waals surface area contributed by atoms with E-state index in [2.05, 4.69) is 16.7 Å². The molecule has 2 N–H and O–H groups in total. The molecule has 3 heterocycles. The van der Waals surface area contributed by atoms with Gasteiger partial charge in [-0.3, -0.25) is 4.90 Å². The summed E-state index contributed by atoms with van der Waals surface area (Å²) in [5, 5.41) is 0. The highest BCUT2D eigenvalue weighted by Gasteiger charge is 2.43. The van der Waals surface area contributed by atoms with Gasteiger partial charge in [-0.25, -0.2) is 0 Å². The van der Waals surface area contributed by atoms with Crippen molar-refractivity contribution in [1.29, 1.82) is 0 Å². The molecular weight excluding hydrogens is 220 g/mol. The Kier molecular flexibility index (Phi) is 3.17. The molecule has 0 radical (unpaired) electrons. The summed E-state index contributed by atoms with van der Waals surface area (Å²) >= 11 is 2.06. The monoisotopic (exact) mass is 242 g/mol. The molecule has 92 valence electrons. The van der Waals surface area contributed by atoms with Crippen LogP contribution in [0.3, 0.4) is 0 Å². The Balaban J connectivity index is 1.56. The molecule has 16 heavy (non-hydrogen) atoms. The van der Waals surface area contributed by atoms with Gasteiger partial charge in [0.25, 0.3) is 0 Å². The number of thioether (sulfide) groups is 1. The van der Waals surface area contributed by atoms with Crippen molar-refractivity contribution in [3.05, 3.63) is 0 Å². The normalized spacial score (nSPS) is 41.4. The lowest BCUT2D eigenvalue weighted by Crippen LogP contribution is -2.58. The average Bonchev–Trinajstić information content (AvgIpc) is 2.65. The first-order valence-corrected chi connectivity index (χ1v) is 7.63. The lowest BCUT2D eigenvalue weighted by atomic mass is 9.86. The van der Waals surface area contributed by atoms with E-state index in [-0.39, 0.29) is 5.60 Å². The summed E-state index contributed by atoms with van der Waals surface area (Å²) in [5.74, 6) is 3.27. The van der Waals surface area contributed by atoms with E-state index in [1.807, 2.05) is 0 Å². The SMILES string of the molecule is NCC1CN(C2CCOC3(CCSC3)C2)C1. The second-order valence-corrected chi connectivity index (χ2v) is 6.64. The summed E-state index contributed by atoms with van der Waals surface area (Å²) < 4.78 is 6.06. The van der Waals surface area contributed by atoms with Crippen LogP contribution in [-0.2, 0) is 4.74 Å². The van der Waals surface area contributed by atoms with Crippen molar-refractivity contribution in [3.63, 3.8) is 0 Å². The summed E-state index contributed by atoms with van der Waals surface area (Å²) in [6, 6.07) is 0.773. The molecule has 0 bridgehead atoms. The molecule has 3 aliphatic heterocycles. The fourth-order valence-electron chi connectivity index (χ4n) is 3.23. The van der Waals surface area contributed by atoms with Crippen LogP contribution in [0.25, 0.3) is 0 Å². The van der Waals surface area contributed by atoms with Gasteiger partial charge in [-0.1, -0.05) is 0 Å². The molecular formula is C12H22N2OS. The van der Waals surface area contributed by atoms with E-state index >= 15 is 0 Å². The molecule has 3 nitrogen and oxygen atoms in total. The maximum atomic E-state index is 6.06. The summed E-state index contributed by atoms with van der Waals surface area (Å²) in [7, 11) is 0. The van der Waals surface area contributed by atoms with Crippen LogP contribution >= 0.6 is 11.8 Å². The summed E-state index contributed by atoms with van der Waals surface area (Å²) in [6.07, 6.45) is 3.75. The Morgan fingerprint density at radius 1 is 1.44 bits per heavy atom. The number of likely N-dealkylation sites (tertiary alicyclic amines) is 1. The van der Waals surface area contributed by atoms with Crippen molar-refractivity contribution in [2.75, 3.05) is 37.7 Å². The molecule has 1 spiro atoms. The lowest BCUT2D eigenvalue weighted by molar-refractivity contribution is -0.105. The molecule has 3 rings (SSSR count). The number of hydrogen-bond acceptors (Lipinski definition) is 4. The van der Waals surface area contributed by atoms with E-state index in [1.165, 1.54) is 43.9 Å². The van der Waals surface area contributed by atoms with Gasteiger partial charge >= 0.3 is 0 Å². The molecule has 3 aliphatic rings. The van der Waals surface area contributed by atoms with Crippen molar-refractivity contribution in [1.82, 2.24) is 4.90 Å². The van der Waals surface area contributed by atoms with Crippen LogP contribution in [0.2, 0.25) is 0 Å². The zero-order valence-electron chi connectivity index (χ0n) is 9.86. The van der Waals surface area contributed by atoms with Crippen LogP contribution in [0.5, 0.6) is 0 Å². The minimum Gasteiger partial charge on any atom is -0.374 e. The Labute approximate surface area is 102 Å². The van der Waals surface area contributed by atoms with Crippen molar-refractivity contribution in [3.8, 4) is 0 Å². The third-order valence-corrected chi connectivity index (χ3v) is 5.59. The molecule has 4 heteroatoms. The zero-order valence-corrected chi connectivity index (χ0v) is 10.7. The van der Waals surface area contributed by atoms with E-state index in [1.54, 1.807) is 0 Å². The van der Waals surface area contributed by atoms with Crippen LogP contribution in [0.15, 0.2) is 0 Å². The maximum absolute atomic E-state index is 6.06. The van der Waals surface area contributed by atoms with Gasteiger partial charge in [-0.05, 0) is 37.5 Å². The van der Waals surface area contributed by atoms with Gasteiger partial charge in [0.1, 0.15) is 0 Å². The standard InChI is InChI=1S/C12H22N2OS/c13-6-10-7-14(8-10)11-1-3-15-12(5-11)2-4-16-9-12/h10-11H,1-9,13H2. The van der Waals surface area contributed by atoms with Crippen LogP contribution < -0.4 is 5.73 Å². The first kappa shape index (κ1) is 11.3. The molecule has 3 fully saturated rings. The third kappa shape index (κ3) is 2.01. The van der Waals surface area contributed by atoms with Gasteiger partial charge in [0.2, 0.25) is 0 Å². The predicted octanol–water partition coefficient (Wildman–Crippen LogP) is 0.932. The molecule has 2 unspecified atom stereocenters. The molecule has 0 aromatic heterocycles. The Bertz CT molecular complexity index is 249. The van der Waals surface area contributed by atoms with Crippen LogP contribution in [0.4, 0.5) is 0 Å². The Hall–Kier alpha value is 0.230. The molecule has 2 atom stereocenters. The smallest absolute Gasteiger partial charge is 0.0795 e. The number of rotatable bonds is 2. The first-order valence-electron chi connectivity index (χ1n) is 6.47. The van der Waals surface area contributed by atoms with E-state index in [4.69, 9.17) is 10.5 Å². The van der Waals surface area contributed by atoms with Crippen LogP contribution in [0.1, 0.15) is 19.3 Å². The van der Waals surface area contributed by atoms with Crippen LogP contribution in [-0.4, -0.2) is 54.3 Å². The molecule has 0 saturated carbocycles. The van der Waals surface area contributed by atoms with Crippen molar-refractivity contribution in [2.24, 2.45) is 11.7 Å². The van der Waals surface area contributed by atoms with E-state index in [0.717, 1.165) is 25.1 Å². The summed E-state index contributed by atoms with van der Waals surface area (Å²) in [5.41, 5.74) is 5.92. The molecule has 0 amide bonds. The highest BCUT2D eigenvalue weighted by atomic mass is 32.2. The lowest BCUT2D eigenvalue weighted by Gasteiger charge is -2.49. The summed E-state index contributed by atoms with van der Waals surface area (Å²) in [4.78, 5) is 2.63. The number of nitrogens with zero attached hydrogens (tertiary/aromatic N) is 1. The Morgan fingerprint density at radius 3 is 3.00 bits per heavy atom.